The first-order valence-electron chi connectivity index (χ1n) is 19.2. The summed E-state index contributed by atoms with van der Waals surface area (Å²) in [6.07, 6.45) is 0. The summed E-state index contributed by atoms with van der Waals surface area (Å²) in [5.41, 5.74) is 11.9. The van der Waals surface area contributed by atoms with Crippen LogP contribution >= 0.6 is 23.1 Å². The third kappa shape index (κ3) is 4.55. The van der Waals surface area contributed by atoms with Gasteiger partial charge in [0.2, 0.25) is 0 Å². The van der Waals surface area contributed by atoms with Crippen molar-refractivity contribution in [3.05, 3.63) is 176 Å². The van der Waals surface area contributed by atoms with E-state index in [9.17, 15) is 0 Å². The summed E-state index contributed by atoms with van der Waals surface area (Å²) in [6, 6.07) is 64.1. The van der Waals surface area contributed by atoms with Crippen molar-refractivity contribution in [1.82, 2.24) is 14.5 Å². The van der Waals surface area contributed by atoms with Gasteiger partial charge in [-0.05, 0) is 94.0 Å². The van der Waals surface area contributed by atoms with Crippen molar-refractivity contribution >= 4 is 97.7 Å². The molecule has 1 aliphatic heterocycles. The summed E-state index contributed by atoms with van der Waals surface area (Å²) in [6.45, 7) is 0. The van der Waals surface area contributed by atoms with Crippen molar-refractivity contribution in [3.8, 4) is 39.3 Å². The van der Waals surface area contributed by atoms with Crippen LogP contribution in [0.4, 0.5) is 0 Å². The van der Waals surface area contributed by atoms with Crippen LogP contribution in [0.5, 0.6) is 0 Å². The maximum atomic E-state index is 5.45. The number of benzene rings is 9. The molecule has 0 unspecified atom stereocenters. The van der Waals surface area contributed by atoms with E-state index in [1.165, 1.54) is 84.4 Å². The maximum Gasteiger partial charge on any atom is 0.0980 e. The van der Waals surface area contributed by atoms with E-state index in [-0.39, 0.29) is 0 Å². The minimum Gasteiger partial charge on any atom is -0.309 e. The van der Waals surface area contributed by atoms with Crippen molar-refractivity contribution in [2.45, 2.75) is 9.79 Å². The van der Waals surface area contributed by atoms with Crippen molar-refractivity contribution in [2.75, 3.05) is 0 Å². The Morgan fingerprint density at radius 1 is 0.386 bits per heavy atom. The van der Waals surface area contributed by atoms with Crippen LogP contribution in [0.3, 0.4) is 0 Å². The molecule has 264 valence electrons. The fourth-order valence-electron chi connectivity index (χ4n) is 9.25. The van der Waals surface area contributed by atoms with E-state index in [0.29, 0.717) is 0 Å². The lowest BCUT2D eigenvalue weighted by molar-refractivity contribution is 1.17. The minimum absolute atomic E-state index is 0.891. The fraction of sp³-hybridized carbons (Fsp3) is 0. The number of fused-ring (bicyclic) bond motifs is 10. The molecule has 0 aliphatic carbocycles. The van der Waals surface area contributed by atoms with Crippen LogP contribution in [-0.2, 0) is 0 Å². The lowest BCUT2D eigenvalue weighted by Gasteiger charge is -2.23. The Balaban J connectivity index is 1.05. The van der Waals surface area contributed by atoms with Crippen LogP contribution in [0.1, 0.15) is 0 Å². The van der Waals surface area contributed by atoms with Crippen molar-refractivity contribution in [3.63, 3.8) is 0 Å². The smallest absolute Gasteiger partial charge is 0.0980 e. The third-order valence-corrected chi connectivity index (χ3v) is 14.0. The Bertz CT molecular complexity index is 3690. The van der Waals surface area contributed by atoms with Crippen molar-refractivity contribution in [1.29, 1.82) is 0 Å². The lowest BCUT2D eigenvalue weighted by Crippen LogP contribution is -2.00. The van der Waals surface area contributed by atoms with E-state index >= 15 is 0 Å². The Labute approximate surface area is 335 Å². The standard InChI is InChI=1S/C52H29N3S2/c1-2-12-31-28-44-39(27-30(31)11-1)33-13-3-7-20-43(33)55(44)32-23-25-46-40(29-32)35-16-9-15-34-36(24-26-48(57-46)49(34)35)51-52(54-42-19-6-5-18-41(42)53-51)38-17-10-22-47-50(38)37-14-4-8-21-45(37)56-47/h1-29H. The predicted molar refractivity (Wildman–Crippen MR) is 242 cm³/mol. The highest BCUT2D eigenvalue weighted by molar-refractivity contribution is 7.99. The first-order chi connectivity index (χ1) is 28.2. The summed E-state index contributed by atoms with van der Waals surface area (Å²) < 4.78 is 4.98. The van der Waals surface area contributed by atoms with Gasteiger partial charge in [0.25, 0.3) is 0 Å². The van der Waals surface area contributed by atoms with E-state index in [1.54, 1.807) is 0 Å². The van der Waals surface area contributed by atoms with Gasteiger partial charge in [-0.1, -0.05) is 121 Å². The number of hydrogen-bond acceptors (Lipinski definition) is 4. The van der Waals surface area contributed by atoms with Crippen molar-refractivity contribution in [2.24, 2.45) is 0 Å². The molecule has 57 heavy (non-hydrogen) atoms. The van der Waals surface area contributed by atoms with Gasteiger partial charge in [0.05, 0.1) is 33.5 Å². The molecule has 1 aliphatic rings. The molecular formula is C52H29N3S2. The van der Waals surface area contributed by atoms with Gasteiger partial charge < -0.3 is 4.57 Å². The highest BCUT2D eigenvalue weighted by Crippen LogP contribution is 2.51. The van der Waals surface area contributed by atoms with Crippen LogP contribution in [0.2, 0.25) is 0 Å². The Hall–Kier alpha value is -6.79. The summed E-state index contributed by atoms with van der Waals surface area (Å²) in [5, 5.41) is 9.98. The molecule has 0 bridgehead atoms. The normalized spacial score (nSPS) is 12.5. The second-order valence-corrected chi connectivity index (χ2v) is 17.0. The fourth-order valence-corrected chi connectivity index (χ4v) is 11.5. The molecule has 12 aromatic rings. The van der Waals surface area contributed by atoms with Crippen LogP contribution in [0, 0.1) is 0 Å². The quantitative estimate of drug-likeness (QED) is 0.180. The molecule has 9 aromatic carbocycles. The molecule has 0 amide bonds. The molecule has 0 saturated heterocycles. The molecule has 3 nitrogen and oxygen atoms in total. The Morgan fingerprint density at radius 3 is 1.93 bits per heavy atom. The monoisotopic (exact) mass is 759 g/mol. The van der Waals surface area contributed by atoms with Gasteiger partial charge in [0, 0.05) is 62.9 Å². The number of para-hydroxylation sites is 3. The first kappa shape index (κ1) is 31.4. The van der Waals surface area contributed by atoms with Gasteiger partial charge in [0.15, 0.2) is 0 Å². The van der Waals surface area contributed by atoms with E-state index in [2.05, 4.69) is 174 Å². The third-order valence-electron chi connectivity index (χ3n) is 11.8. The largest absolute Gasteiger partial charge is 0.309 e. The van der Waals surface area contributed by atoms with Gasteiger partial charge in [-0.25, -0.2) is 9.97 Å². The summed E-state index contributed by atoms with van der Waals surface area (Å²) in [7, 11) is 0. The molecule has 0 radical (unpaired) electrons. The highest BCUT2D eigenvalue weighted by atomic mass is 32.2. The number of hydrogen-bond donors (Lipinski definition) is 0. The van der Waals surface area contributed by atoms with Crippen LogP contribution < -0.4 is 0 Å². The van der Waals surface area contributed by atoms with Gasteiger partial charge in [-0.15, -0.1) is 11.3 Å². The summed E-state index contributed by atoms with van der Waals surface area (Å²) in [5.74, 6) is 0. The molecule has 0 saturated carbocycles. The molecule has 0 spiro atoms. The van der Waals surface area contributed by atoms with E-state index in [0.717, 1.165) is 39.2 Å². The van der Waals surface area contributed by atoms with Crippen molar-refractivity contribution < 1.29 is 0 Å². The lowest BCUT2D eigenvalue weighted by atomic mass is 9.92. The zero-order valence-electron chi connectivity index (χ0n) is 30.4. The van der Waals surface area contributed by atoms with E-state index in [1.807, 2.05) is 29.2 Å². The summed E-state index contributed by atoms with van der Waals surface area (Å²) in [4.78, 5) is 13.4. The highest BCUT2D eigenvalue weighted by Gasteiger charge is 2.25. The average Bonchev–Trinajstić information content (AvgIpc) is 3.81. The zero-order valence-corrected chi connectivity index (χ0v) is 32.0. The molecular weight excluding hydrogens is 731 g/mol. The zero-order chi connectivity index (χ0) is 37.2. The number of nitrogens with zero attached hydrogens (tertiary/aromatic N) is 3. The Morgan fingerprint density at radius 2 is 1.05 bits per heavy atom. The van der Waals surface area contributed by atoms with Gasteiger partial charge in [-0.3, -0.25) is 0 Å². The molecule has 0 atom stereocenters. The molecule has 3 aromatic heterocycles. The molecule has 4 heterocycles. The minimum atomic E-state index is 0.891. The number of aromatic nitrogens is 3. The van der Waals surface area contributed by atoms with Gasteiger partial charge >= 0.3 is 0 Å². The Kier molecular flexibility index (Phi) is 6.54. The van der Waals surface area contributed by atoms with Crippen LogP contribution in [0.25, 0.3) is 114 Å². The number of thiophene rings is 1. The van der Waals surface area contributed by atoms with E-state index < -0.39 is 0 Å². The number of rotatable bonds is 3. The molecule has 5 heteroatoms. The van der Waals surface area contributed by atoms with E-state index in [4.69, 9.17) is 9.97 Å². The molecule has 13 rings (SSSR count). The summed E-state index contributed by atoms with van der Waals surface area (Å²) >= 11 is 3.69. The van der Waals surface area contributed by atoms with Crippen LogP contribution in [-0.4, -0.2) is 14.5 Å². The average molecular weight is 760 g/mol. The second-order valence-electron chi connectivity index (χ2n) is 14.9. The molecule has 0 fully saturated rings. The SMILES string of the molecule is c1ccc2cc3c(cc2c1)c1ccccc1n3-c1ccc2c(c1)-c1cccc3c(-c4nc5ccccc5nc4-c4cccc5sc6ccccc6c45)ccc(c13)S2. The van der Waals surface area contributed by atoms with Gasteiger partial charge in [-0.2, -0.15) is 0 Å². The predicted octanol–water partition coefficient (Wildman–Crippen LogP) is 14.9. The maximum absolute atomic E-state index is 5.45. The van der Waals surface area contributed by atoms with Crippen LogP contribution in [0.15, 0.2) is 186 Å². The topological polar surface area (TPSA) is 30.7 Å². The molecule has 0 N–H and O–H groups in total. The first-order valence-corrected chi connectivity index (χ1v) is 20.9. The second kappa shape index (κ2) is 11.9. The van der Waals surface area contributed by atoms with Gasteiger partial charge in [0.1, 0.15) is 0 Å².